The quantitative estimate of drug-likeness (QED) is 0.659. The zero-order valence-electron chi connectivity index (χ0n) is 17.0. The lowest BCUT2D eigenvalue weighted by molar-refractivity contribution is -0.162. The molecular weight excluding hydrogens is 420 g/mol. The topological polar surface area (TPSA) is 90.3 Å². The summed E-state index contributed by atoms with van der Waals surface area (Å²) in [7, 11) is 0. The highest BCUT2D eigenvalue weighted by Crippen LogP contribution is 2.41. The molecule has 4 rings (SSSR count). The third kappa shape index (κ3) is 3.86. The molecule has 0 saturated carbocycles. The molecule has 0 aliphatic carbocycles. The molecule has 2 aromatic rings. The van der Waals surface area contributed by atoms with Crippen LogP contribution in [0.5, 0.6) is 5.75 Å². The average Bonchev–Trinajstić information content (AvgIpc) is 3.14. The van der Waals surface area contributed by atoms with Crippen LogP contribution in [0, 0.1) is 0 Å². The molecule has 1 atom stereocenters. The summed E-state index contributed by atoms with van der Waals surface area (Å²) in [5, 5.41) is 23.6. The van der Waals surface area contributed by atoms with Crippen molar-refractivity contribution in [3.63, 3.8) is 0 Å². The second-order valence-corrected chi connectivity index (χ2v) is 8.34. The van der Waals surface area contributed by atoms with E-state index in [-0.39, 0.29) is 12.3 Å². The molecule has 1 amide bonds. The molecule has 2 aromatic carbocycles. The molecule has 2 heterocycles. The number of rotatable bonds is 6. The highest BCUT2D eigenvalue weighted by atomic mass is 35.5. The van der Waals surface area contributed by atoms with E-state index in [0.29, 0.717) is 30.3 Å². The lowest BCUT2D eigenvalue weighted by Crippen LogP contribution is -2.60. The number of hydrazine groups is 1. The summed E-state index contributed by atoms with van der Waals surface area (Å²) < 4.78 is 5.80. The fourth-order valence-electron chi connectivity index (χ4n) is 4.20. The van der Waals surface area contributed by atoms with Gasteiger partial charge < -0.3 is 14.9 Å². The lowest BCUT2D eigenvalue weighted by Gasteiger charge is -2.46. The number of aliphatic hydroxyl groups excluding tert-OH is 1. The van der Waals surface area contributed by atoms with Crippen molar-refractivity contribution < 1.29 is 24.5 Å². The number of halogens is 1. The summed E-state index contributed by atoms with van der Waals surface area (Å²) in [6.45, 7) is 2.82. The molecule has 162 valence electrons. The summed E-state index contributed by atoms with van der Waals surface area (Å²) in [5.74, 6) is -2.01. The minimum absolute atomic E-state index is 0.136. The van der Waals surface area contributed by atoms with E-state index in [0.717, 1.165) is 17.5 Å². The number of carbonyl (C=O) groups is 2. The van der Waals surface area contributed by atoms with E-state index in [4.69, 9.17) is 16.3 Å². The first-order valence-electron chi connectivity index (χ1n) is 10.0. The second-order valence-electron chi connectivity index (χ2n) is 7.93. The molecule has 2 aliphatic rings. The third-order valence-corrected chi connectivity index (χ3v) is 6.16. The maximum atomic E-state index is 12.9. The number of hydrogen-bond donors (Lipinski definition) is 2. The number of carboxylic acid groups (broad SMARTS) is 1. The smallest absolute Gasteiger partial charge is 0.344 e. The van der Waals surface area contributed by atoms with E-state index in [1.54, 1.807) is 30.1 Å². The van der Waals surface area contributed by atoms with Gasteiger partial charge in [0.05, 0.1) is 17.1 Å². The van der Waals surface area contributed by atoms with Gasteiger partial charge in [0.2, 0.25) is 0 Å². The van der Waals surface area contributed by atoms with Crippen molar-refractivity contribution in [2.75, 3.05) is 6.54 Å². The van der Waals surface area contributed by atoms with E-state index >= 15 is 0 Å². The van der Waals surface area contributed by atoms with E-state index in [1.165, 1.54) is 5.01 Å². The minimum atomic E-state index is -1.43. The van der Waals surface area contributed by atoms with Crippen LogP contribution in [0.1, 0.15) is 30.9 Å². The number of carboxylic acids is 1. The van der Waals surface area contributed by atoms with Crippen LogP contribution >= 0.6 is 11.6 Å². The Kier molecular flexibility index (Phi) is 5.64. The molecule has 0 bridgehead atoms. The number of aliphatic hydroxyl groups is 1. The van der Waals surface area contributed by atoms with Crippen molar-refractivity contribution in [1.82, 2.24) is 10.0 Å². The number of carbonyl (C=O) groups excluding carboxylic acids is 1. The van der Waals surface area contributed by atoms with Gasteiger partial charge in [-0.1, -0.05) is 48.0 Å². The monoisotopic (exact) mass is 442 g/mol. The van der Waals surface area contributed by atoms with E-state index in [9.17, 15) is 19.8 Å². The maximum absolute atomic E-state index is 12.9. The van der Waals surface area contributed by atoms with E-state index < -0.39 is 23.0 Å². The largest absolute Gasteiger partial charge is 0.509 e. The van der Waals surface area contributed by atoms with Crippen LogP contribution in [-0.2, 0) is 22.7 Å². The zero-order chi connectivity index (χ0) is 22.2. The van der Waals surface area contributed by atoms with Crippen molar-refractivity contribution in [3.8, 4) is 5.75 Å². The first kappa shape index (κ1) is 21.2. The van der Waals surface area contributed by atoms with Crippen LogP contribution < -0.4 is 4.74 Å². The molecule has 1 fully saturated rings. The van der Waals surface area contributed by atoms with Crippen molar-refractivity contribution in [1.29, 1.82) is 0 Å². The van der Waals surface area contributed by atoms with E-state index in [2.05, 4.69) is 0 Å². The molecule has 0 unspecified atom stereocenters. The SMILES string of the molecule is C[C@]12CCCN1N(Cc1ccc(OCc3ccccc3)c(Cl)c1)C(=O)C(C(=O)O)=C2O. The molecule has 1 saturated heterocycles. The number of amides is 1. The molecule has 0 aromatic heterocycles. The van der Waals surface area contributed by atoms with Crippen LogP contribution in [0.2, 0.25) is 5.02 Å². The zero-order valence-corrected chi connectivity index (χ0v) is 17.8. The van der Waals surface area contributed by atoms with Gasteiger partial charge in [-0.3, -0.25) is 9.80 Å². The van der Waals surface area contributed by atoms with Crippen molar-refractivity contribution in [2.24, 2.45) is 0 Å². The van der Waals surface area contributed by atoms with Crippen LogP contribution in [-0.4, -0.2) is 44.2 Å². The maximum Gasteiger partial charge on any atom is 0.344 e. The lowest BCUT2D eigenvalue weighted by atomic mass is 9.91. The molecular formula is C23H23ClN2O5. The Labute approximate surface area is 185 Å². The molecule has 8 heteroatoms. The summed E-state index contributed by atoms with van der Waals surface area (Å²) in [5.41, 5.74) is 0.257. The Balaban J connectivity index is 1.55. The molecule has 2 aliphatic heterocycles. The van der Waals surface area contributed by atoms with Crippen LogP contribution in [0.4, 0.5) is 0 Å². The summed E-state index contributed by atoms with van der Waals surface area (Å²) in [4.78, 5) is 24.6. The van der Waals surface area contributed by atoms with Gasteiger partial charge in [0, 0.05) is 6.54 Å². The number of nitrogens with zero attached hydrogens (tertiary/aromatic N) is 2. The molecule has 2 N–H and O–H groups in total. The number of benzene rings is 2. The molecule has 31 heavy (non-hydrogen) atoms. The highest BCUT2D eigenvalue weighted by Gasteiger charge is 2.52. The van der Waals surface area contributed by atoms with Crippen molar-refractivity contribution in [3.05, 3.63) is 76.0 Å². The summed E-state index contributed by atoms with van der Waals surface area (Å²) in [6, 6.07) is 15.0. The van der Waals surface area contributed by atoms with Crippen LogP contribution in [0.3, 0.4) is 0 Å². The standard InChI is InChI=1S/C23H23ClN2O5/c1-23-10-5-11-26(23)25(21(28)19(20(23)27)22(29)30)13-16-8-9-18(17(24)12-16)31-14-15-6-3-2-4-7-15/h2-4,6-9,12,27H,5,10-11,13-14H2,1H3,(H,29,30)/t23-/m1/s1. The van der Waals surface area contributed by atoms with Crippen molar-refractivity contribution in [2.45, 2.75) is 38.5 Å². The third-order valence-electron chi connectivity index (χ3n) is 5.87. The van der Waals surface area contributed by atoms with Gasteiger partial charge in [0.1, 0.15) is 18.1 Å². The number of ether oxygens (including phenoxy) is 1. The fourth-order valence-corrected chi connectivity index (χ4v) is 4.46. The first-order valence-corrected chi connectivity index (χ1v) is 10.4. The fraction of sp³-hybridized carbons (Fsp3) is 0.304. The number of hydrogen-bond acceptors (Lipinski definition) is 5. The van der Waals surface area contributed by atoms with Gasteiger partial charge in [-0.15, -0.1) is 0 Å². The van der Waals surface area contributed by atoms with Gasteiger partial charge in [-0.05, 0) is 43.0 Å². The predicted molar refractivity (Wildman–Crippen MR) is 114 cm³/mol. The Morgan fingerprint density at radius 1 is 1.19 bits per heavy atom. The predicted octanol–water partition coefficient (Wildman–Crippen LogP) is 3.93. The Morgan fingerprint density at radius 2 is 1.94 bits per heavy atom. The summed E-state index contributed by atoms with van der Waals surface area (Å²) >= 11 is 6.41. The van der Waals surface area contributed by atoms with Crippen LogP contribution in [0.25, 0.3) is 0 Å². The molecule has 0 radical (unpaired) electrons. The Bertz CT molecular complexity index is 1060. The molecule has 7 nitrogen and oxygen atoms in total. The summed E-state index contributed by atoms with van der Waals surface area (Å²) in [6.07, 6.45) is 1.30. The van der Waals surface area contributed by atoms with Gasteiger partial charge in [-0.25, -0.2) is 9.80 Å². The van der Waals surface area contributed by atoms with Crippen molar-refractivity contribution >= 4 is 23.5 Å². The normalized spacial score (nSPS) is 21.4. The first-order chi connectivity index (χ1) is 14.8. The van der Waals surface area contributed by atoms with Gasteiger partial charge in [0.25, 0.3) is 5.91 Å². The second kappa shape index (κ2) is 8.24. The highest BCUT2D eigenvalue weighted by molar-refractivity contribution is 6.32. The van der Waals surface area contributed by atoms with E-state index in [1.807, 2.05) is 30.3 Å². The number of fused-ring (bicyclic) bond motifs is 1. The average molecular weight is 443 g/mol. The number of aliphatic carboxylic acids is 1. The van der Waals surface area contributed by atoms with Gasteiger partial charge >= 0.3 is 5.97 Å². The minimum Gasteiger partial charge on any atom is -0.509 e. The van der Waals surface area contributed by atoms with Gasteiger partial charge in [0.15, 0.2) is 5.57 Å². The molecule has 0 spiro atoms. The Hall–Kier alpha value is -3.03. The van der Waals surface area contributed by atoms with Gasteiger partial charge in [-0.2, -0.15) is 0 Å². The Morgan fingerprint density at radius 3 is 2.61 bits per heavy atom. The van der Waals surface area contributed by atoms with Crippen LogP contribution in [0.15, 0.2) is 59.9 Å².